The first-order valence-electron chi connectivity index (χ1n) is 9.17. The lowest BCUT2D eigenvalue weighted by Gasteiger charge is -2.54. The summed E-state index contributed by atoms with van der Waals surface area (Å²) >= 11 is 0. The number of nitrogens with zero attached hydrogens (tertiary/aromatic N) is 2. The third-order valence-corrected chi connectivity index (χ3v) is 10.0. The summed E-state index contributed by atoms with van der Waals surface area (Å²) in [5.74, 6) is 0.0205. The van der Waals surface area contributed by atoms with Crippen molar-refractivity contribution in [3.8, 4) is 0 Å². The van der Waals surface area contributed by atoms with E-state index in [-0.39, 0.29) is 29.1 Å². The zero-order valence-corrected chi connectivity index (χ0v) is 18.0. The van der Waals surface area contributed by atoms with Gasteiger partial charge in [0.25, 0.3) is 0 Å². The maximum atomic E-state index is 12.6. The van der Waals surface area contributed by atoms with Crippen molar-refractivity contribution in [1.29, 1.82) is 0 Å². The maximum absolute atomic E-state index is 12.6. The first-order valence-corrected chi connectivity index (χ1v) is 12.1. The molecule has 0 radical (unpaired) electrons. The highest BCUT2D eigenvalue weighted by Gasteiger charge is 2.53. The van der Waals surface area contributed by atoms with Gasteiger partial charge in [-0.05, 0) is 45.3 Å². The maximum Gasteiger partial charge on any atom is 0.411 e. The third-order valence-electron chi connectivity index (χ3n) is 5.49. The molecule has 0 saturated carbocycles. The lowest BCUT2D eigenvalue weighted by molar-refractivity contribution is -0.158. The smallest absolute Gasteiger partial charge is 0.411 e. The van der Waals surface area contributed by atoms with E-state index in [9.17, 15) is 9.59 Å². The predicted octanol–water partition coefficient (Wildman–Crippen LogP) is 3.23. The Morgan fingerprint density at radius 1 is 1.20 bits per heavy atom. The van der Waals surface area contributed by atoms with Crippen molar-refractivity contribution < 1.29 is 18.8 Å². The highest BCUT2D eigenvalue weighted by molar-refractivity contribution is 6.74. The van der Waals surface area contributed by atoms with Crippen LogP contribution in [0.4, 0.5) is 4.79 Å². The van der Waals surface area contributed by atoms with Crippen molar-refractivity contribution in [1.82, 2.24) is 9.80 Å². The van der Waals surface area contributed by atoms with Crippen LogP contribution in [0, 0.1) is 0 Å². The summed E-state index contributed by atoms with van der Waals surface area (Å²) in [6.07, 6.45) is 0.372. The van der Waals surface area contributed by atoms with Crippen molar-refractivity contribution in [2.75, 3.05) is 19.7 Å². The average molecular weight is 371 g/mol. The zero-order valence-electron chi connectivity index (χ0n) is 17.0. The Bertz CT molecular complexity index is 536. The van der Waals surface area contributed by atoms with E-state index in [0.717, 1.165) is 6.42 Å². The molecule has 3 aliphatic heterocycles. The largest absolute Gasteiger partial charge is 0.444 e. The molecule has 0 aliphatic carbocycles. The number of carbonyl (C=O) groups is 2. The molecule has 0 aromatic rings. The predicted molar refractivity (Wildman–Crippen MR) is 100.0 cm³/mol. The van der Waals surface area contributed by atoms with Gasteiger partial charge in [-0.1, -0.05) is 20.8 Å². The van der Waals surface area contributed by atoms with E-state index in [1.54, 1.807) is 4.90 Å². The summed E-state index contributed by atoms with van der Waals surface area (Å²) in [7, 11) is -1.80. The average Bonchev–Trinajstić information content (AvgIpc) is 2.35. The molecule has 3 heterocycles. The number of piperazine rings is 1. The lowest BCUT2D eigenvalue weighted by Crippen LogP contribution is -2.73. The normalized spacial score (nSPS) is 24.2. The van der Waals surface area contributed by atoms with Crippen LogP contribution < -0.4 is 0 Å². The molecule has 3 aliphatic rings. The lowest BCUT2D eigenvalue weighted by atomic mass is 9.87. The number of ether oxygens (including phenoxy) is 1. The molecule has 3 fully saturated rings. The van der Waals surface area contributed by atoms with Crippen LogP contribution in [0.1, 0.15) is 48.0 Å². The van der Waals surface area contributed by atoms with Gasteiger partial charge in [-0.3, -0.25) is 9.69 Å². The molecule has 0 aromatic heterocycles. The van der Waals surface area contributed by atoms with E-state index in [1.165, 1.54) is 0 Å². The second-order valence-electron chi connectivity index (χ2n) is 9.69. The quantitative estimate of drug-likeness (QED) is 0.713. The van der Waals surface area contributed by atoms with Gasteiger partial charge in [0.15, 0.2) is 8.32 Å². The standard InChI is InChI=1S/C18H34N2O4Si/c1-17(2,3)24-16(22)20-13-11-14(20)15(21)19(12-13)9-10-23-25(7,8)18(4,5)6/h13-14H,9-12H2,1-8H3/t13-,14+/m1/s1. The summed E-state index contributed by atoms with van der Waals surface area (Å²) in [6, 6.07) is -0.285. The van der Waals surface area contributed by atoms with Crippen molar-refractivity contribution in [3.63, 3.8) is 0 Å². The Kier molecular flexibility index (Phi) is 5.32. The molecule has 3 saturated heterocycles. The minimum atomic E-state index is -1.80. The van der Waals surface area contributed by atoms with E-state index in [1.807, 2.05) is 25.7 Å². The number of carbonyl (C=O) groups excluding carboxylic acids is 2. The molecule has 2 atom stereocenters. The molecule has 2 amide bonds. The molecule has 25 heavy (non-hydrogen) atoms. The van der Waals surface area contributed by atoms with Crippen LogP contribution in [0.5, 0.6) is 0 Å². The number of piperidine rings is 1. The van der Waals surface area contributed by atoms with Crippen LogP contribution in [0.15, 0.2) is 0 Å². The Labute approximate surface area is 153 Å². The van der Waals surface area contributed by atoms with Gasteiger partial charge in [0.1, 0.15) is 11.6 Å². The fraction of sp³-hybridized carbons (Fsp3) is 0.889. The number of fused-ring (bicyclic) bond motifs is 2. The molecule has 0 unspecified atom stereocenters. The van der Waals surface area contributed by atoms with Crippen LogP contribution in [0.25, 0.3) is 0 Å². The van der Waals surface area contributed by atoms with Gasteiger partial charge in [0.2, 0.25) is 5.91 Å². The van der Waals surface area contributed by atoms with Crippen LogP contribution in [-0.4, -0.2) is 67.5 Å². The van der Waals surface area contributed by atoms with Crippen molar-refractivity contribution in [3.05, 3.63) is 0 Å². The molecule has 2 bridgehead atoms. The Morgan fingerprint density at radius 2 is 1.80 bits per heavy atom. The molecule has 0 spiro atoms. The molecule has 144 valence electrons. The number of hydrogen-bond donors (Lipinski definition) is 0. The summed E-state index contributed by atoms with van der Waals surface area (Å²) in [5, 5.41) is 0.161. The van der Waals surface area contributed by atoms with Gasteiger partial charge in [-0.15, -0.1) is 0 Å². The molecule has 6 nitrogen and oxygen atoms in total. The first kappa shape index (κ1) is 20.2. The summed E-state index contributed by atoms with van der Waals surface area (Å²) in [5.41, 5.74) is -0.541. The minimum Gasteiger partial charge on any atom is -0.444 e. The van der Waals surface area contributed by atoms with Crippen LogP contribution in [0.2, 0.25) is 18.1 Å². The van der Waals surface area contributed by atoms with Gasteiger partial charge in [0, 0.05) is 13.1 Å². The van der Waals surface area contributed by atoms with Gasteiger partial charge in [-0.2, -0.15) is 0 Å². The van der Waals surface area contributed by atoms with Crippen LogP contribution in [-0.2, 0) is 14.0 Å². The molecular formula is C18H34N2O4Si. The van der Waals surface area contributed by atoms with Gasteiger partial charge in [0.05, 0.1) is 12.6 Å². The second-order valence-corrected chi connectivity index (χ2v) is 14.5. The summed E-state index contributed by atoms with van der Waals surface area (Å²) in [4.78, 5) is 28.4. The minimum absolute atomic E-state index is 0.0205. The van der Waals surface area contributed by atoms with Crippen molar-refractivity contribution in [2.45, 2.75) is 83.8 Å². The number of amides is 2. The highest BCUT2D eigenvalue weighted by Crippen LogP contribution is 2.37. The first-order chi connectivity index (χ1) is 11.2. The summed E-state index contributed by atoms with van der Waals surface area (Å²) in [6.45, 7) is 18.3. The summed E-state index contributed by atoms with van der Waals surface area (Å²) < 4.78 is 11.6. The van der Waals surface area contributed by atoms with Gasteiger partial charge < -0.3 is 14.1 Å². The molecule has 0 N–H and O–H groups in total. The van der Waals surface area contributed by atoms with Crippen LogP contribution >= 0.6 is 0 Å². The van der Waals surface area contributed by atoms with E-state index in [4.69, 9.17) is 9.16 Å². The molecular weight excluding hydrogens is 336 g/mol. The Morgan fingerprint density at radius 3 is 2.28 bits per heavy atom. The molecule has 0 aromatic carbocycles. The Balaban J connectivity index is 1.87. The third kappa shape index (κ3) is 4.37. The molecule has 7 heteroatoms. The fourth-order valence-corrected chi connectivity index (χ4v) is 3.99. The molecule has 3 rings (SSSR count). The van der Waals surface area contributed by atoms with E-state index >= 15 is 0 Å². The van der Waals surface area contributed by atoms with Crippen molar-refractivity contribution in [2.24, 2.45) is 0 Å². The van der Waals surface area contributed by atoms with Crippen LogP contribution in [0.3, 0.4) is 0 Å². The van der Waals surface area contributed by atoms with Gasteiger partial charge >= 0.3 is 6.09 Å². The van der Waals surface area contributed by atoms with Crippen molar-refractivity contribution >= 4 is 20.3 Å². The monoisotopic (exact) mass is 370 g/mol. The number of hydrogen-bond acceptors (Lipinski definition) is 4. The van der Waals surface area contributed by atoms with E-state index in [0.29, 0.717) is 19.7 Å². The SMILES string of the molecule is CC(C)(C)OC(=O)N1[C@@H]2C[C@H]1C(=O)N(CCO[Si](C)(C)C(C)(C)C)C2. The zero-order chi connectivity index (χ0) is 19.2. The van der Waals surface area contributed by atoms with E-state index < -0.39 is 13.9 Å². The fourth-order valence-electron chi connectivity index (χ4n) is 2.96. The number of rotatable bonds is 4. The second kappa shape index (κ2) is 6.58. The van der Waals surface area contributed by atoms with E-state index in [2.05, 4.69) is 33.9 Å². The topological polar surface area (TPSA) is 59.1 Å². The highest BCUT2D eigenvalue weighted by atomic mass is 28.4. The Hall–Kier alpha value is -1.08. The van der Waals surface area contributed by atoms with Gasteiger partial charge in [-0.25, -0.2) is 4.79 Å².